The van der Waals surface area contributed by atoms with Crippen LogP contribution in [0.5, 0.6) is 0 Å². The summed E-state index contributed by atoms with van der Waals surface area (Å²) in [5, 5.41) is 4.18. The van der Waals surface area contributed by atoms with Gasteiger partial charge in [0.2, 0.25) is 5.91 Å². The molecule has 0 radical (unpaired) electrons. The normalized spacial score (nSPS) is 12.1. The second kappa shape index (κ2) is 7.14. The number of nitrogens with zero attached hydrogens (tertiary/aromatic N) is 1. The van der Waals surface area contributed by atoms with Gasteiger partial charge in [0.15, 0.2) is 0 Å². The van der Waals surface area contributed by atoms with Crippen LogP contribution in [0.15, 0.2) is 59.1 Å². The lowest BCUT2D eigenvalue weighted by atomic mass is 10.00. The summed E-state index contributed by atoms with van der Waals surface area (Å²) in [6.07, 6.45) is 0.698. The lowest BCUT2D eigenvalue weighted by Crippen LogP contribution is -2.28. The number of hydrogen-bond acceptors (Lipinski definition) is 2. The topological polar surface area (TPSA) is 42.0 Å². The van der Waals surface area contributed by atoms with Crippen LogP contribution >= 0.6 is 15.9 Å². The average Bonchev–Trinajstić information content (AvgIpc) is 2.54. The summed E-state index contributed by atoms with van der Waals surface area (Å²) in [4.78, 5) is 16.5. The van der Waals surface area contributed by atoms with Crippen LogP contribution < -0.4 is 5.32 Å². The van der Waals surface area contributed by atoms with Crippen LogP contribution in [0.4, 0.5) is 0 Å². The Morgan fingerprint density at radius 2 is 1.96 bits per heavy atom. The van der Waals surface area contributed by atoms with Gasteiger partial charge in [-0.15, -0.1) is 0 Å². The summed E-state index contributed by atoms with van der Waals surface area (Å²) < 4.78 is 1.03. The van der Waals surface area contributed by atoms with Gasteiger partial charge in [-0.05, 0) is 48.7 Å². The zero-order chi connectivity index (χ0) is 17.1. The molecule has 0 saturated carbocycles. The maximum atomic E-state index is 11.7. The van der Waals surface area contributed by atoms with Gasteiger partial charge in [-0.2, -0.15) is 0 Å². The molecule has 3 nitrogen and oxygen atoms in total. The Hall–Kier alpha value is -2.20. The number of amides is 1. The van der Waals surface area contributed by atoms with Gasteiger partial charge in [0.05, 0.1) is 17.3 Å². The number of benzene rings is 2. The third-order valence-electron chi connectivity index (χ3n) is 4.01. The monoisotopic (exact) mass is 382 g/mol. The van der Waals surface area contributed by atoms with Gasteiger partial charge in [-0.1, -0.05) is 46.3 Å². The predicted octanol–water partition coefficient (Wildman–Crippen LogP) is 4.73. The van der Waals surface area contributed by atoms with Gasteiger partial charge in [-0.25, -0.2) is 0 Å². The number of fused-ring (bicyclic) bond motifs is 1. The summed E-state index contributed by atoms with van der Waals surface area (Å²) in [6, 6.07) is 18.1. The Balaban J connectivity index is 2.00. The summed E-state index contributed by atoms with van der Waals surface area (Å²) in [7, 11) is 0. The van der Waals surface area contributed by atoms with Gasteiger partial charge in [0.25, 0.3) is 0 Å². The highest BCUT2D eigenvalue weighted by atomic mass is 79.9. The SMILES string of the molecule is CC(=O)N[C@@H](Cc1cccc(Br)c1)c1cc(C)c2ccccc2n1. The molecule has 1 heterocycles. The van der Waals surface area contributed by atoms with E-state index in [4.69, 9.17) is 4.98 Å². The van der Waals surface area contributed by atoms with E-state index in [9.17, 15) is 4.79 Å². The standard InChI is InChI=1S/C20H19BrN2O/c1-13-10-19(23-18-9-4-3-8-17(13)18)20(22-14(2)24)12-15-6-5-7-16(21)11-15/h3-11,20H,12H2,1-2H3,(H,22,24)/t20-/m0/s1. The second-order valence-corrected chi connectivity index (χ2v) is 6.88. The van der Waals surface area contributed by atoms with Crippen molar-refractivity contribution >= 4 is 32.7 Å². The number of hydrogen-bond donors (Lipinski definition) is 1. The molecule has 0 bridgehead atoms. The smallest absolute Gasteiger partial charge is 0.217 e. The zero-order valence-corrected chi connectivity index (χ0v) is 15.3. The highest BCUT2D eigenvalue weighted by molar-refractivity contribution is 9.10. The number of aromatic nitrogens is 1. The van der Waals surface area contributed by atoms with Crippen LogP contribution in [0.2, 0.25) is 0 Å². The fourth-order valence-corrected chi connectivity index (χ4v) is 3.38. The minimum atomic E-state index is -0.153. The first kappa shape index (κ1) is 16.7. The highest BCUT2D eigenvalue weighted by Crippen LogP contribution is 2.24. The highest BCUT2D eigenvalue weighted by Gasteiger charge is 2.16. The number of carbonyl (C=O) groups is 1. The second-order valence-electron chi connectivity index (χ2n) is 5.97. The van der Waals surface area contributed by atoms with E-state index in [-0.39, 0.29) is 11.9 Å². The molecule has 0 saturated heterocycles. The fourth-order valence-electron chi connectivity index (χ4n) is 2.93. The van der Waals surface area contributed by atoms with Crippen LogP contribution in [-0.4, -0.2) is 10.9 Å². The minimum Gasteiger partial charge on any atom is -0.348 e. The van der Waals surface area contributed by atoms with Crippen LogP contribution in [0, 0.1) is 6.92 Å². The zero-order valence-electron chi connectivity index (χ0n) is 13.7. The summed E-state index contributed by atoms with van der Waals surface area (Å²) in [5.74, 6) is -0.0531. The number of carbonyl (C=O) groups excluding carboxylic acids is 1. The van der Waals surface area contributed by atoms with Crippen molar-refractivity contribution in [3.05, 3.63) is 75.9 Å². The number of aryl methyl sites for hydroxylation is 1. The van der Waals surface area contributed by atoms with E-state index < -0.39 is 0 Å². The van der Waals surface area contributed by atoms with Gasteiger partial charge in [-0.3, -0.25) is 9.78 Å². The minimum absolute atomic E-state index is 0.0531. The van der Waals surface area contributed by atoms with Crippen molar-refractivity contribution in [2.24, 2.45) is 0 Å². The molecule has 2 aromatic carbocycles. The Morgan fingerprint density at radius 1 is 1.17 bits per heavy atom. The third-order valence-corrected chi connectivity index (χ3v) is 4.50. The molecule has 0 unspecified atom stereocenters. The Bertz CT molecular complexity index is 892. The van der Waals surface area contributed by atoms with Crippen LogP contribution in [0.3, 0.4) is 0 Å². The summed E-state index contributed by atoms with van der Waals surface area (Å²) in [6.45, 7) is 3.62. The maximum Gasteiger partial charge on any atom is 0.217 e. The first-order valence-corrected chi connectivity index (χ1v) is 8.70. The average molecular weight is 383 g/mol. The number of rotatable bonds is 4. The molecule has 3 aromatic rings. The van der Waals surface area contributed by atoms with E-state index in [0.717, 1.165) is 26.6 Å². The molecule has 3 rings (SSSR count). The van der Waals surface area contributed by atoms with Crippen LogP contribution in [-0.2, 0) is 11.2 Å². The number of pyridine rings is 1. The van der Waals surface area contributed by atoms with E-state index in [2.05, 4.69) is 52.4 Å². The molecule has 4 heteroatoms. The molecule has 0 fully saturated rings. The van der Waals surface area contributed by atoms with Crippen molar-refractivity contribution in [2.75, 3.05) is 0 Å². The molecule has 1 atom stereocenters. The lowest BCUT2D eigenvalue weighted by Gasteiger charge is -2.19. The fraction of sp³-hybridized carbons (Fsp3) is 0.200. The summed E-state index contributed by atoms with van der Waals surface area (Å²) >= 11 is 3.50. The van der Waals surface area contributed by atoms with Crippen molar-refractivity contribution in [3.8, 4) is 0 Å². The molecule has 1 amide bonds. The van der Waals surface area contributed by atoms with E-state index in [1.54, 1.807) is 6.92 Å². The first-order valence-electron chi connectivity index (χ1n) is 7.91. The quantitative estimate of drug-likeness (QED) is 0.708. The molecule has 0 spiro atoms. The number of halogens is 1. The molecule has 1 aromatic heterocycles. The van der Waals surface area contributed by atoms with Crippen molar-refractivity contribution in [1.29, 1.82) is 0 Å². The van der Waals surface area contributed by atoms with E-state index in [1.165, 1.54) is 5.56 Å². The molecular weight excluding hydrogens is 364 g/mol. The van der Waals surface area contributed by atoms with Crippen molar-refractivity contribution in [1.82, 2.24) is 10.3 Å². The van der Waals surface area contributed by atoms with Crippen molar-refractivity contribution < 1.29 is 4.79 Å². The molecule has 0 aliphatic rings. The predicted molar refractivity (Wildman–Crippen MR) is 101 cm³/mol. The molecule has 0 aliphatic carbocycles. The Labute approximate surface area is 150 Å². The van der Waals surface area contributed by atoms with Crippen molar-refractivity contribution in [2.45, 2.75) is 26.3 Å². The molecule has 1 N–H and O–H groups in total. The molecule has 122 valence electrons. The lowest BCUT2D eigenvalue weighted by molar-refractivity contribution is -0.119. The van der Waals surface area contributed by atoms with E-state index in [0.29, 0.717) is 6.42 Å². The van der Waals surface area contributed by atoms with Crippen molar-refractivity contribution in [3.63, 3.8) is 0 Å². The van der Waals surface area contributed by atoms with Gasteiger partial charge < -0.3 is 5.32 Å². The molecular formula is C20H19BrN2O. The van der Waals surface area contributed by atoms with Crippen LogP contribution in [0.25, 0.3) is 10.9 Å². The van der Waals surface area contributed by atoms with E-state index >= 15 is 0 Å². The largest absolute Gasteiger partial charge is 0.348 e. The number of nitrogens with one attached hydrogen (secondary N) is 1. The van der Waals surface area contributed by atoms with Crippen LogP contribution in [0.1, 0.15) is 29.8 Å². The van der Waals surface area contributed by atoms with Gasteiger partial charge >= 0.3 is 0 Å². The van der Waals surface area contributed by atoms with Gasteiger partial charge in [0, 0.05) is 16.8 Å². The third kappa shape index (κ3) is 3.82. The molecule has 24 heavy (non-hydrogen) atoms. The molecule has 0 aliphatic heterocycles. The van der Waals surface area contributed by atoms with Gasteiger partial charge in [0.1, 0.15) is 0 Å². The maximum absolute atomic E-state index is 11.7. The Kier molecular flexibility index (Phi) is 4.95. The number of para-hydroxylation sites is 1. The summed E-state index contributed by atoms with van der Waals surface area (Å²) in [5.41, 5.74) is 4.16. The Morgan fingerprint density at radius 3 is 2.71 bits per heavy atom. The van der Waals surface area contributed by atoms with E-state index in [1.807, 2.05) is 30.3 Å². The first-order chi connectivity index (χ1) is 11.5.